The van der Waals surface area contributed by atoms with Crippen molar-refractivity contribution in [1.82, 2.24) is 0 Å². The highest BCUT2D eigenvalue weighted by molar-refractivity contribution is 6.05. The van der Waals surface area contributed by atoms with E-state index in [1.807, 2.05) is 0 Å². The molecule has 0 aliphatic rings. The molecule has 0 aliphatic carbocycles. The van der Waals surface area contributed by atoms with Crippen LogP contribution in [-0.4, -0.2) is 54.4 Å². The van der Waals surface area contributed by atoms with E-state index in [0.717, 1.165) is 21.3 Å². The minimum atomic E-state index is -1.33. The van der Waals surface area contributed by atoms with Crippen LogP contribution in [0.25, 0.3) is 0 Å². The zero-order chi connectivity index (χ0) is 18.6. The molecular weight excluding hydrogens is 330 g/mol. The van der Waals surface area contributed by atoms with Crippen molar-refractivity contribution in [3.63, 3.8) is 0 Å². The van der Waals surface area contributed by atoms with Gasteiger partial charge in [0.25, 0.3) is 0 Å². The zero-order valence-electron chi connectivity index (χ0n) is 12.8. The molecular formula is C13H13NO10. The Bertz CT molecular complexity index is 724. The van der Waals surface area contributed by atoms with Gasteiger partial charge in [0.1, 0.15) is 11.3 Å². The summed E-state index contributed by atoms with van der Waals surface area (Å²) in [5.41, 5.74) is -3.62. The van der Waals surface area contributed by atoms with Gasteiger partial charge in [0.05, 0.1) is 38.2 Å². The molecule has 0 atom stereocenters. The number of phenolic OH excluding ortho intramolecular Hbond substituents is 2. The molecule has 0 saturated heterocycles. The van der Waals surface area contributed by atoms with E-state index in [4.69, 9.17) is 0 Å². The number of methoxy groups -OCH3 is 3. The molecule has 1 rings (SSSR count). The van der Waals surface area contributed by atoms with Crippen molar-refractivity contribution in [2.75, 3.05) is 21.3 Å². The van der Waals surface area contributed by atoms with Gasteiger partial charge in [0.2, 0.25) is 5.75 Å². The molecule has 130 valence electrons. The first-order valence-electron chi connectivity index (χ1n) is 6.19. The van der Waals surface area contributed by atoms with Crippen molar-refractivity contribution in [2.45, 2.75) is 6.42 Å². The number of carbonyl (C=O) groups excluding carboxylic acids is 3. The normalized spacial score (nSPS) is 9.96. The second-order valence-corrected chi connectivity index (χ2v) is 4.27. The first-order valence-corrected chi connectivity index (χ1v) is 6.19. The van der Waals surface area contributed by atoms with E-state index < -0.39 is 63.1 Å². The summed E-state index contributed by atoms with van der Waals surface area (Å²) in [6, 6.07) is 0. The predicted molar refractivity (Wildman–Crippen MR) is 74.8 cm³/mol. The van der Waals surface area contributed by atoms with Gasteiger partial charge in [0, 0.05) is 0 Å². The van der Waals surface area contributed by atoms with Crippen LogP contribution in [-0.2, 0) is 25.4 Å². The number of ether oxygens (including phenoxy) is 3. The molecule has 0 bridgehead atoms. The van der Waals surface area contributed by atoms with Crippen molar-refractivity contribution in [2.24, 2.45) is 0 Å². The monoisotopic (exact) mass is 343 g/mol. The Labute approximate surface area is 134 Å². The summed E-state index contributed by atoms with van der Waals surface area (Å²) >= 11 is 0. The predicted octanol–water partition coefficient (Wildman–Crippen LogP) is 0.295. The molecule has 0 aliphatic heterocycles. The second-order valence-electron chi connectivity index (χ2n) is 4.27. The fourth-order valence-electron chi connectivity index (χ4n) is 1.96. The number of benzene rings is 1. The quantitative estimate of drug-likeness (QED) is 0.329. The number of nitro benzene ring substituents is 1. The number of esters is 3. The molecule has 24 heavy (non-hydrogen) atoms. The van der Waals surface area contributed by atoms with Crippen LogP contribution in [0, 0.1) is 10.1 Å². The maximum Gasteiger partial charge on any atom is 0.345 e. The van der Waals surface area contributed by atoms with Gasteiger partial charge >= 0.3 is 23.6 Å². The number of nitro groups is 1. The summed E-state index contributed by atoms with van der Waals surface area (Å²) in [4.78, 5) is 45.2. The van der Waals surface area contributed by atoms with E-state index in [0.29, 0.717) is 0 Å². The molecule has 11 heteroatoms. The van der Waals surface area contributed by atoms with E-state index in [9.17, 15) is 34.7 Å². The number of rotatable bonds is 5. The van der Waals surface area contributed by atoms with Crippen molar-refractivity contribution >= 4 is 23.6 Å². The first-order chi connectivity index (χ1) is 11.2. The number of aromatic hydroxyl groups is 2. The molecule has 0 amide bonds. The van der Waals surface area contributed by atoms with E-state index >= 15 is 0 Å². The molecule has 0 fully saturated rings. The summed E-state index contributed by atoms with van der Waals surface area (Å²) in [6.07, 6.45) is -0.834. The largest absolute Gasteiger partial charge is 0.506 e. The Morgan fingerprint density at radius 3 is 1.88 bits per heavy atom. The van der Waals surface area contributed by atoms with Gasteiger partial charge in [-0.2, -0.15) is 0 Å². The van der Waals surface area contributed by atoms with Crippen LogP contribution in [0.15, 0.2) is 0 Å². The van der Waals surface area contributed by atoms with Crippen LogP contribution >= 0.6 is 0 Å². The van der Waals surface area contributed by atoms with Gasteiger partial charge in [-0.05, 0) is 0 Å². The first kappa shape index (κ1) is 18.7. The van der Waals surface area contributed by atoms with Gasteiger partial charge < -0.3 is 24.4 Å². The number of hydrogen-bond donors (Lipinski definition) is 2. The Morgan fingerprint density at radius 1 is 0.958 bits per heavy atom. The van der Waals surface area contributed by atoms with Crippen molar-refractivity contribution < 1.29 is 43.7 Å². The maximum atomic E-state index is 11.9. The lowest BCUT2D eigenvalue weighted by Crippen LogP contribution is -2.16. The molecule has 0 radical (unpaired) electrons. The van der Waals surface area contributed by atoms with E-state index in [1.54, 1.807) is 0 Å². The molecule has 11 nitrogen and oxygen atoms in total. The summed E-state index contributed by atoms with van der Waals surface area (Å²) in [5.74, 6) is -5.96. The third kappa shape index (κ3) is 3.19. The van der Waals surface area contributed by atoms with E-state index in [1.165, 1.54) is 0 Å². The minimum Gasteiger partial charge on any atom is -0.506 e. The minimum absolute atomic E-state index is 0.665. The standard InChI is InChI=1S/C13H13NO10/c1-22-6(15)4-5-7(12(18)23-2)10(16)8(13(19)24-3)11(17)9(5)14(20)21/h16-17H,4H2,1-3H3. The summed E-state index contributed by atoms with van der Waals surface area (Å²) in [7, 11) is 2.81. The van der Waals surface area contributed by atoms with Crippen molar-refractivity contribution in [3.8, 4) is 11.5 Å². The molecule has 1 aromatic rings. The topological polar surface area (TPSA) is 163 Å². The highest BCUT2D eigenvalue weighted by Gasteiger charge is 2.38. The zero-order valence-corrected chi connectivity index (χ0v) is 12.8. The fraction of sp³-hybridized carbons (Fsp3) is 0.308. The molecule has 0 saturated carbocycles. The number of hydrogen-bond acceptors (Lipinski definition) is 10. The molecule has 0 heterocycles. The number of nitrogens with zero attached hydrogens (tertiary/aromatic N) is 1. The molecule has 0 unspecified atom stereocenters. The smallest absolute Gasteiger partial charge is 0.345 e. The van der Waals surface area contributed by atoms with Crippen LogP contribution in [0.5, 0.6) is 11.5 Å². The Balaban J connectivity index is 3.96. The van der Waals surface area contributed by atoms with Crippen LogP contribution in [0.1, 0.15) is 26.3 Å². The van der Waals surface area contributed by atoms with Gasteiger partial charge in [-0.15, -0.1) is 0 Å². The van der Waals surface area contributed by atoms with E-state index in [-0.39, 0.29) is 0 Å². The van der Waals surface area contributed by atoms with E-state index in [2.05, 4.69) is 14.2 Å². The van der Waals surface area contributed by atoms with Crippen LogP contribution in [0.3, 0.4) is 0 Å². The highest BCUT2D eigenvalue weighted by atomic mass is 16.6. The highest BCUT2D eigenvalue weighted by Crippen LogP contribution is 2.43. The Morgan fingerprint density at radius 2 is 1.46 bits per heavy atom. The molecule has 2 N–H and O–H groups in total. The SMILES string of the molecule is COC(=O)Cc1c(C(=O)OC)c(O)c(C(=O)OC)c(O)c1[N+](=O)[O-]. The average molecular weight is 343 g/mol. The Kier molecular flexibility index (Phi) is 5.65. The number of carbonyl (C=O) groups is 3. The molecule has 0 spiro atoms. The van der Waals surface area contributed by atoms with Crippen molar-refractivity contribution in [3.05, 3.63) is 26.8 Å². The maximum absolute atomic E-state index is 11.9. The summed E-state index contributed by atoms with van der Waals surface area (Å²) in [6.45, 7) is 0. The Hall–Kier alpha value is -3.37. The van der Waals surface area contributed by atoms with Gasteiger partial charge in [-0.3, -0.25) is 14.9 Å². The van der Waals surface area contributed by atoms with Crippen molar-refractivity contribution in [1.29, 1.82) is 0 Å². The number of phenols is 2. The lowest BCUT2D eigenvalue weighted by molar-refractivity contribution is -0.386. The fourth-order valence-corrected chi connectivity index (χ4v) is 1.96. The molecule has 0 aromatic heterocycles. The third-order valence-corrected chi connectivity index (χ3v) is 3.03. The van der Waals surface area contributed by atoms with Gasteiger partial charge in [0.15, 0.2) is 5.56 Å². The van der Waals surface area contributed by atoms with Crippen LogP contribution in [0.4, 0.5) is 5.69 Å². The third-order valence-electron chi connectivity index (χ3n) is 3.03. The average Bonchev–Trinajstić information content (AvgIpc) is 2.53. The molecule has 1 aromatic carbocycles. The lowest BCUT2D eigenvalue weighted by Gasteiger charge is -2.14. The van der Waals surface area contributed by atoms with Crippen LogP contribution in [0.2, 0.25) is 0 Å². The lowest BCUT2D eigenvalue weighted by atomic mass is 9.96. The second kappa shape index (κ2) is 7.26. The van der Waals surface area contributed by atoms with Crippen LogP contribution < -0.4 is 0 Å². The van der Waals surface area contributed by atoms with Gasteiger partial charge in [-0.25, -0.2) is 9.59 Å². The summed E-state index contributed by atoms with van der Waals surface area (Å²) < 4.78 is 13.1. The summed E-state index contributed by atoms with van der Waals surface area (Å²) in [5, 5.41) is 31.3. The van der Waals surface area contributed by atoms with Gasteiger partial charge in [-0.1, -0.05) is 0 Å².